The number of pyridine rings is 1. The van der Waals surface area contributed by atoms with Crippen LogP contribution in [0.25, 0.3) is 11.0 Å². The van der Waals surface area contributed by atoms with Crippen LogP contribution in [0.3, 0.4) is 0 Å². The van der Waals surface area contributed by atoms with Crippen LogP contribution >= 0.6 is 0 Å². The molecule has 0 aromatic carbocycles. The smallest absolute Gasteiger partial charge is 0.272 e. The summed E-state index contributed by atoms with van der Waals surface area (Å²) in [4.78, 5) is 16.5. The van der Waals surface area contributed by atoms with E-state index < -0.39 is 0 Å². The SMILES string of the molecule is C=CCCCn1nc(C(=O)NCC=C)c2c(N)ccnc21. The van der Waals surface area contributed by atoms with E-state index in [1.807, 2.05) is 6.08 Å². The molecule has 21 heavy (non-hydrogen) atoms. The number of rotatable bonds is 7. The van der Waals surface area contributed by atoms with Gasteiger partial charge in [0.25, 0.3) is 5.91 Å². The van der Waals surface area contributed by atoms with Crippen molar-refractivity contribution in [3.05, 3.63) is 43.3 Å². The minimum absolute atomic E-state index is 0.276. The van der Waals surface area contributed by atoms with Crippen molar-refractivity contribution in [1.82, 2.24) is 20.1 Å². The second kappa shape index (κ2) is 6.69. The summed E-state index contributed by atoms with van der Waals surface area (Å²) in [6.45, 7) is 8.31. The van der Waals surface area contributed by atoms with Gasteiger partial charge < -0.3 is 11.1 Å². The Hall–Kier alpha value is -2.63. The second-order valence-corrected chi connectivity index (χ2v) is 4.60. The molecule has 0 spiro atoms. The number of unbranched alkanes of at least 4 members (excludes halogenated alkanes) is 1. The van der Waals surface area contributed by atoms with Crippen LogP contribution in [0, 0.1) is 0 Å². The summed E-state index contributed by atoms with van der Waals surface area (Å²) in [5.41, 5.74) is 7.41. The zero-order valence-electron chi connectivity index (χ0n) is 11.9. The number of nitrogens with two attached hydrogens (primary N) is 1. The van der Waals surface area contributed by atoms with Crippen LogP contribution in [0.1, 0.15) is 23.3 Å². The number of nitrogens with zero attached hydrogens (tertiary/aromatic N) is 3. The normalized spacial score (nSPS) is 10.5. The Morgan fingerprint density at radius 1 is 1.43 bits per heavy atom. The van der Waals surface area contributed by atoms with Crippen molar-refractivity contribution >= 4 is 22.6 Å². The van der Waals surface area contributed by atoms with Gasteiger partial charge in [0.1, 0.15) is 0 Å². The Kier molecular flexibility index (Phi) is 4.71. The van der Waals surface area contributed by atoms with Crippen molar-refractivity contribution in [3.63, 3.8) is 0 Å². The Balaban J connectivity index is 2.42. The Bertz CT molecular complexity index is 674. The van der Waals surface area contributed by atoms with Crippen LogP contribution in [0.4, 0.5) is 5.69 Å². The molecular formula is C15H19N5O. The number of carbonyl (C=O) groups excluding carboxylic acids is 1. The number of aryl methyl sites for hydroxylation is 1. The fraction of sp³-hybridized carbons (Fsp3) is 0.267. The van der Waals surface area contributed by atoms with Crippen LogP contribution in [0.2, 0.25) is 0 Å². The summed E-state index contributed by atoms with van der Waals surface area (Å²) < 4.78 is 1.72. The van der Waals surface area contributed by atoms with Crippen molar-refractivity contribution in [2.75, 3.05) is 12.3 Å². The van der Waals surface area contributed by atoms with Gasteiger partial charge in [0.2, 0.25) is 0 Å². The molecule has 110 valence electrons. The lowest BCUT2D eigenvalue weighted by atomic mass is 10.2. The number of carbonyl (C=O) groups is 1. The fourth-order valence-electron chi connectivity index (χ4n) is 2.07. The van der Waals surface area contributed by atoms with E-state index in [9.17, 15) is 4.79 Å². The quantitative estimate of drug-likeness (QED) is 0.601. The highest BCUT2D eigenvalue weighted by molar-refractivity contribution is 6.08. The van der Waals surface area contributed by atoms with Crippen LogP contribution in [0.5, 0.6) is 0 Å². The van der Waals surface area contributed by atoms with Gasteiger partial charge in [0.05, 0.1) is 5.39 Å². The van der Waals surface area contributed by atoms with Crippen molar-refractivity contribution in [2.24, 2.45) is 0 Å². The van der Waals surface area contributed by atoms with Gasteiger partial charge in [-0.2, -0.15) is 5.10 Å². The minimum Gasteiger partial charge on any atom is -0.398 e. The van der Waals surface area contributed by atoms with Crippen LogP contribution < -0.4 is 11.1 Å². The van der Waals surface area contributed by atoms with E-state index in [1.165, 1.54) is 0 Å². The minimum atomic E-state index is -0.276. The van der Waals surface area contributed by atoms with Gasteiger partial charge in [-0.05, 0) is 18.9 Å². The molecule has 1 amide bonds. The zero-order chi connectivity index (χ0) is 15.2. The third-order valence-electron chi connectivity index (χ3n) is 3.07. The molecule has 6 nitrogen and oxygen atoms in total. The predicted molar refractivity (Wildman–Crippen MR) is 83.9 cm³/mol. The average Bonchev–Trinajstić information content (AvgIpc) is 2.86. The molecule has 0 aliphatic rings. The van der Waals surface area contributed by atoms with Crippen LogP contribution in [-0.2, 0) is 6.54 Å². The molecular weight excluding hydrogens is 266 g/mol. The first kappa shape index (κ1) is 14.8. The van der Waals surface area contributed by atoms with Crippen LogP contribution in [0.15, 0.2) is 37.6 Å². The molecule has 2 heterocycles. The molecule has 0 aliphatic heterocycles. The Morgan fingerprint density at radius 2 is 2.24 bits per heavy atom. The van der Waals surface area contributed by atoms with E-state index in [4.69, 9.17) is 5.73 Å². The van der Waals surface area contributed by atoms with Gasteiger partial charge in [-0.3, -0.25) is 4.79 Å². The first-order chi connectivity index (χ1) is 10.2. The summed E-state index contributed by atoms with van der Waals surface area (Å²) in [5.74, 6) is -0.276. The second-order valence-electron chi connectivity index (χ2n) is 4.60. The molecule has 3 N–H and O–H groups in total. The number of hydrogen-bond acceptors (Lipinski definition) is 4. The van der Waals surface area contributed by atoms with E-state index >= 15 is 0 Å². The molecule has 2 rings (SSSR count). The van der Waals surface area contributed by atoms with Crippen LogP contribution in [-0.4, -0.2) is 27.2 Å². The predicted octanol–water partition coefficient (Wildman–Crippen LogP) is 1.90. The lowest BCUT2D eigenvalue weighted by Crippen LogP contribution is -2.24. The van der Waals surface area contributed by atoms with Crippen molar-refractivity contribution in [1.29, 1.82) is 0 Å². The number of aromatic nitrogens is 3. The Labute approximate surface area is 123 Å². The molecule has 0 saturated carbocycles. The van der Waals surface area contributed by atoms with Crippen molar-refractivity contribution < 1.29 is 4.79 Å². The van der Waals surface area contributed by atoms with Crippen molar-refractivity contribution in [2.45, 2.75) is 19.4 Å². The third-order valence-corrected chi connectivity index (χ3v) is 3.07. The van der Waals surface area contributed by atoms with Crippen molar-refractivity contribution in [3.8, 4) is 0 Å². The topological polar surface area (TPSA) is 85.8 Å². The van der Waals surface area contributed by atoms with Gasteiger partial charge >= 0.3 is 0 Å². The number of fused-ring (bicyclic) bond motifs is 1. The molecule has 6 heteroatoms. The first-order valence-corrected chi connectivity index (χ1v) is 6.80. The van der Waals surface area contributed by atoms with E-state index in [-0.39, 0.29) is 5.91 Å². The number of nitrogen functional groups attached to an aromatic ring is 1. The van der Waals surface area contributed by atoms with Gasteiger partial charge in [0, 0.05) is 25.0 Å². The summed E-state index contributed by atoms with van der Waals surface area (Å²) in [5, 5.41) is 7.68. The number of anilines is 1. The highest BCUT2D eigenvalue weighted by atomic mass is 16.1. The molecule has 2 aromatic rings. The van der Waals surface area contributed by atoms with E-state index in [1.54, 1.807) is 23.0 Å². The monoisotopic (exact) mass is 285 g/mol. The average molecular weight is 285 g/mol. The number of hydrogen-bond donors (Lipinski definition) is 2. The summed E-state index contributed by atoms with van der Waals surface area (Å²) in [6.07, 6.45) is 6.84. The highest BCUT2D eigenvalue weighted by Crippen LogP contribution is 2.23. The van der Waals surface area contributed by atoms with Gasteiger partial charge in [0.15, 0.2) is 11.3 Å². The van der Waals surface area contributed by atoms with E-state index in [0.29, 0.717) is 35.5 Å². The van der Waals surface area contributed by atoms with E-state index in [0.717, 1.165) is 12.8 Å². The molecule has 0 unspecified atom stereocenters. The lowest BCUT2D eigenvalue weighted by molar-refractivity contribution is 0.0953. The Morgan fingerprint density at radius 3 is 2.95 bits per heavy atom. The molecule has 0 fully saturated rings. The summed E-state index contributed by atoms with van der Waals surface area (Å²) in [6, 6.07) is 1.67. The third kappa shape index (κ3) is 3.10. The fourth-order valence-corrected chi connectivity index (χ4v) is 2.07. The summed E-state index contributed by atoms with van der Waals surface area (Å²) >= 11 is 0. The van der Waals surface area contributed by atoms with Gasteiger partial charge in [-0.1, -0.05) is 12.2 Å². The maximum atomic E-state index is 12.2. The van der Waals surface area contributed by atoms with Gasteiger partial charge in [-0.15, -0.1) is 13.2 Å². The summed E-state index contributed by atoms with van der Waals surface area (Å²) in [7, 11) is 0. The maximum absolute atomic E-state index is 12.2. The molecule has 0 radical (unpaired) electrons. The first-order valence-electron chi connectivity index (χ1n) is 6.80. The van der Waals surface area contributed by atoms with Gasteiger partial charge in [-0.25, -0.2) is 9.67 Å². The molecule has 2 aromatic heterocycles. The number of amides is 1. The zero-order valence-corrected chi connectivity index (χ0v) is 11.9. The molecule has 0 saturated heterocycles. The maximum Gasteiger partial charge on any atom is 0.272 e. The molecule has 0 aliphatic carbocycles. The lowest BCUT2D eigenvalue weighted by Gasteiger charge is -2.01. The van der Waals surface area contributed by atoms with E-state index in [2.05, 4.69) is 28.6 Å². The largest absolute Gasteiger partial charge is 0.398 e. The highest BCUT2D eigenvalue weighted by Gasteiger charge is 2.19. The standard InChI is InChI=1S/C15H19N5O/c1-3-5-6-10-20-14-12(11(16)7-9-17-14)13(19-20)15(21)18-8-4-2/h3-4,7,9H,1-2,5-6,8,10H2,(H2,16,17)(H,18,21). The number of allylic oxidation sites excluding steroid dienone is 1. The molecule has 0 bridgehead atoms. The molecule has 0 atom stereocenters. The number of nitrogens with one attached hydrogen (secondary N) is 1.